The Morgan fingerprint density at radius 3 is 2.00 bits per heavy atom. The molecular weight excluding hydrogens is 356 g/mol. The first-order valence-corrected chi connectivity index (χ1v) is 12.3. The lowest BCUT2D eigenvalue weighted by molar-refractivity contribution is 0.238. The fourth-order valence-electron chi connectivity index (χ4n) is 2.17. The Bertz CT molecular complexity index is 1140. The first-order chi connectivity index (χ1) is 13.4. The zero-order chi connectivity index (χ0) is 20.4. The molecule has 28 heavy (non-hydrogen) atoms. The van der Waals surface area contributed by atoms with Gasteiger partial charge in [0, 0.05) is 22.3 Å². The van der Waals surface area contributed by atoms with Crippen LogP contribution in [0.25, 0.3) is 0 Å². The van der Waals surface area contributed by atoms with Gasteiger partial charge in [-0.2, -0.15) is 0 Å². The molecule has 1 N–H and O–H groups in total. The Balaban J connectivity index is 2.24. The second-order valence-electron chi connectivity index (χ2n) is 6.95. The van der Waals surface area contributed by atoms with E-state index in [-0.39, 0.29) is 0 Å². The van der Waals surface area contributed by atoms with Gasteiger partial charge in [-0.05, 0) is 41.9 Å². The molecule has 2 aromatic rings. The van der Waals surface area contributed by atoms with Crippen LogP contribution in [0.1, 0.15) is 28.4 Å². The smallest absolute Gasteiger partial charge is 0.142 e. The molecule has 0 aliphatic rings. The summed E-state index contributed by atoms with van der Waals surface area (Å²) < 4.78 is 0. The molecule has 1 atom stereocenters. The van der Waals surface area contributed by atoms with E-state index >= 15 is 0 Å². The largest absolute Gasteiger partial charge is 0.376 e. The fraction of sp³-hybridized carbons (Fsp3) is 0.154. The molecule has 0 saturated carbocycles. The zero-order valence-corrected chi connectivity index (χ0v) is 17.2. The maximum absolute atomic E-state index is 10.4. The van der Waals surface area contributed by atoms with Gasteiger partial charge in [0.05, 0.1) is 0 Å². The standard InChI is InChI=1S/C26H20OSi/c1-5-22-14-6-7-15-23(22)16-8-9-17-24-18-10-11-19-25(24)26(27)20-12-13-21-28(2,3)4/h1,6-7,10-11,14-15,18-19,26-27H,2-4H3. The molecule has 0 saturated heterocycles. The minimum Gasteiger partial charge on any atom is -0.376 e. The van der Waals surface area contributed by atoms with Gasteiger partial charge in [0.2, 0.25) is 0 Å². The lowest BCUT2D eigenvalue weighted by atomic mass is 10.0. The fourth-order valence-corrected chi connectivity index (χ4v) is 2.60. The summed E-state index contributed by atoms with van der Waals surface area (Å²) >= 11 is 0. The predicted molar refractivity (Wildman–Crippen MR) is 118 cm³/mol. The molecule has 0 spiro atoms. The van der Waals surface area contributed by atoms with E-state index in [1.165, 1.54) is 0 Å². The van der Waals surface area contributed by atoms with Gasteiger partial charge in [0.1, 0.15) is 14.2 Å². The molecule has 0 aliphatic heterocycles. The lowest BCUT2D eigenvalue weighted by Gasteiger charge is -2.05. The first-order valence-electron chi connectivity index (χ1n) is 8.78. The van der Waals surface area contributed by atoms with Crippen molar-refractivity contribution in [3.63, 3.8) is 0 Å². The van der Waals surface area contributed by atoms with Crippen molar-refractivity contribution in [1.29, 1.82) is 0 Å². The lowest BCUT2D eigenvalue weighted by Crippen LogP contribution is -2.16. The number of benzene rings is 2. The average molecular weight is 377 g/mol. The van der Waals surface area contributed by atoms with Crippen LogP contribution in [-0.4, -0.2) is 13.2 Å². The first kappa shape index (κ1) is 20.7. The Labute approximate surface area is 169 Å². The van der Waals surface area contributed by atoms with E-state index in [2.05, 4.69) is 72.5 Å². The minimum absolute atomic E-state index is 0.642. The van der Waals surface area contributed by atoms with E-state index < -0.39 is 14.2 Å². The summed E-state index contributed by atoms with van der Waals surface area (Å²) in [6.07, 6.45) is 4.52. The summed E-state index contributed by atoms with van der Waals surface area (Å²) in [6, 6.07) is 14.8. The average Bonchev–Trinajstić information content (AvgIpc) is 2.68. The number of rotatable bonds is 1. The summed E-state index contributed by atoms with van der Waals surface area (Å²) in [5, 5.41) is 10.4. The van der Waals surface area contributed by atoms with Crippen LogP contribution < -0.4 is 0 Å². The number of hydrogen-bond donors (Lipinski definition) is 1. The molecular formula is C26H20OSi. The highest BCUT2D eigenvalue weighted by Gasteiger charge is 2.08. The van der Waals surface area contributed by atoms with E-state index in [0.717, 1.165) is 11.1 Å². The third kappa shape index (κ3) is 6.62. The zero-order valence-electron chi connectivity index (χ0n) is 16.2. The summed E-state index contributed by atoms with van der Waals surface area (Å²) in [4.78, 5) is 0. The minimum atomic E-state index is -1.47. The molecule has 134 valence electrons. The van der Waals surface area contributed by atoms with Crippen LogP contribution >= 0.6 is 0 Å². The van der Waals surface area contributed by atoms with Gasteiger partial charge in [0.25, 0.3) is 0 Å². The van der Waals surface area contributed by atoms with Gasteiger partial charge in [-0.3, -0.25) is 0 Å². The number of aliphatic hydroxyl groups excluding tert-OH is 1. The third-order valence-corrected chi connectivity index (χ3v) is 4.38. The van der Waals surface area contributed by atoms with Crippen molar-refractivity contribution in [1.82, 2.24) is 0 Å². The van der Waals surface area contributed by atoms with Crippen molar-refractivity contribution in [3.8, 4) is 59.3 Å². The molecule has 0 amide bonds. The van der Waals surface area contributed by atoms with Gasteiger partial charge in [-0.1, -0.05) is 73.7 Å². The monoisotopic (exact) mass is 376 g/mol. The Morgan fingerprint density at radius 2 is 1.36 bits per heavy atom. The number of hydrogen-bond acceptors (Lipinski definition) is 1. The maximum atomic E-state index is 10.4. The van der Waals surface area contributed by atoms with Crippen LogP contribution in [0.3, 0.4) is 0 Å². The van der Waals surface area contributed by atoms with Gasteiger partial charge < -0.3 is 5.11 Å². The van der Waals surface area contributed by atoms with E-state index in [9.17, 15) is 5.11 Å². The van der Waals surface area contributed by atoms with Crippen LogP contribution in [0.2, 0.25) is 19.6 Å². The second-order valence-corrected chi connectivity index (χ2v) is 11.7. The SMILES string of the molecule is C#Cc1ccccc1C#CC#Cc1ccccc1C(O)C#CC#C[Si](C)(C)C. The maximum Gasteiger partial charge on any atom is 0.142 e. The normalized spacial score (nSPS) is 10.2. The van der Waals surface area contributed by atoms with Gasteiger partial charge in [-0.15, -0.1) is 12.0 Å². The molecule has 2 rings (SSSR count). The highest BCUT2D eigenvalue weighted by Crippen LogP contribution is 2.16. The molecule has 1 unspecified atom stereocenters. The van der Waals surface area contributed by atoms with Crippen LogP contribution in [0, 0.1) is 59.3 Å². The van der Waals surface area contributed by atoms with Gasteiger partial charge in [0.15, 0.2) is 0 Å². The van der Waals surface area contributed by atoms with Crippen molar-refractivity contribution < 1.29 is 5.11 Å². The summed E-state index contributed by atoms with van der Waals surface area (Å²) in [7, 11) is -1.47. The van der Waals surface area contributed by atoms with Crippen molar-refractivity contribution in [3.05, 3.63) is 70.8 Å². The van der Waals surface area contributed by atoms with Crippen molar-refractivity contribution >= 4 is 8.07 Å². The molecule has 0 aliphatic carbocycles. The molecule has 2 heteroatoms. The van der Waals surface area contributed by atoms with E-state index in [1.54, 1.807) is 6.07 Å². The summed E-state index contributed by atoms with van der Waals surface area (Å²) in [5.41, 5.74) is 5.98. The van der Waals surface area contributed by atoms with Crippen LogP contribution in [0.4, 0.5) is 0 Å². The van der Waals surface area contributed by atoms with Crippen LogP contribution in [-0.2, 0) is 0 Å². The van der Waals surface area contributed by atoms with Crippen molar-refractivity contribution in [2.24, 2.45) is 0 Å². The van der Waals surface area contributed by atoms with Crippen molar-refractivity contribution in [2.45, 2.75) is 25.7 Å². The molecule has 0 radical (unpaired) electrons. The summed E-state index contributed by atoms with van der Waals surface area (Å²) in [6.45, 7) is 6.43. The summed E-state index contributed by atoms with van der Waals surface area (Å²) in [5.74, 6) is 22.6. The highest BCUT2D eigenvalue weighted by molar-refractivity contribution is 6.83. The Morgan fingerprint density at radius 1 is 0.786 bits per heavy atom. The second kappa shape index (κ2) is 9.93. The van der Waals surface area contributed by atoms with Crippen LogP contribution in [0.15, 0.2) is 48.5 Å². The highest BCUT2D eigenvalue weighted by atomic mass is 28.3. The molecule has 0 bridgehead atoms. The molecule has 2 aromatic carbocycles. The Kier molecular flexibility index (Phi) is 7.35. The van der Waals surface area contributed by atoms with Crippen molar-refractivity contribution in [2.75, 3.05) is 0 Å². The van der Waals surface area contributed by atoms with E-state index in [1.807, 2.05) is 42.5 Å². The number of aliphatic hydroxyl groups is 1. The topological polar surface area (TPSA) is 20.2 Å². The van der Waals surface area contributed by atoms with E-state index in [4.69, 9.17) is 6.42 Å². The van der Waals surface area contributed by atoms with Gasteiger partial charge >= 0.3 is 0 Å². The van der Waals surface area contributed by atoms with Crippen LogP contribution in [0.5, 0.6) is 0 Å². The molecule has 0 heterocycles. The predicted octanol–water partition coefficient (Wildman–Crippen LogP) is 3.99. The molecule has 1 nitrogen and oxygen atoms in total. The van der Waals surface area contributed by atoms with E-state index in [0.29, 0.717) is 11.1 Å². The Hall–Kier alpha value is -3.58. The third-order valence-electron chi connectivity index (χ3n) is 3.50. The molecule has 0 fully saturated rings. The molecule has 0 aromatic heterocycles. The quantitative estimate of drug-likeness (QED) is 0.589. The van der Waals surface area contributed by atoms with Gasteiger partial charge in [-0.25, -0.2) is 0 Å². The number of terminal acetylenes is 1.